The number of fused-ring (bicyclic) bond motifs is 3. The van der Waals surface area contributed by atoms with Crippen molar-refractivity contribution >= 4 is 21.9 Å². The smallest absolute Gasteiger partial charge is 0.291 e. The molecule has 1 aliphatic heterocycles. The van der Waals surface area contributed by atoms with E-state index in [9.17, 15) is 9.00 Å². The van der Waals surface area contributed by atoms with E-state index in [1.54, 1.807) is 31.8 Å². The molecule has 3 aromatic heterocycles. The topological polar surface area (TPSA) is 82.2 Å². The first-order valence-corrected chi connectivity index (χ1v) is 10.1. The Balaban J connectivity index is 1.75. The number of ether oxygens (including phenoxy) is 1. The van der Waals surface area contributed by atoms with E-state index in [-0.39, 0.29) is 5.56 Å². The van der Waals surface area contributed by atoms with Crippen molar-refractivity contribution in [1.29, 1.82) is 0 Å². The molecule has 4 rings (SSSR count). The van der Waals surface area contributed by atoms with Crippen molar-refractivity contribution in [2.75, 3.05) is 19.9 Å². The Bertz CT molecular complexity index is 1090. The molecular weight excluding hydrogens is 366 g/mol. The summed E-state index contributed by atoms with van der Waals surface area (Å²) in [6, 6.07) is 3.63. The standard InChI is InChI=1S/C18H21N5O3S/c1-21-15-11-22(27(3)25)7-6-13(15)14-9-20-23(18(24)17(14)21)10-12-4-5-16(26-2)19-8-12/h4-5,8-9H,6-7,10-11H2,1-3H3. The van der Waals surface area contributed by atoms with Gasteiger partial charge >= 0.3 is 0 Å². The molecule has 0 saturated carbocycles. The fourth-order valence-corrected chi connectivity index (χ4v) is 4.26. The van der Waals surface area contributed by atoms with Crippen LogP contribution >= 0.6 is 0 Å². The molecule has 9 heteroatoms. The molecule has 3 aromatic rings. The Kier molecular flexibility index (Phi) is 4.56. The highest BCUT2D eigenvalue weighted by Gasteiger charge is 2.26. The fourth-order valence-electron chi connectivity index (χ4n) is 3.61. The van der Waals surface area contributed by atoms with E-state index in [1.807, 2.05) is 22.0 Å². The van der Waals surface area contributed by atoms with Crippen molar-refractivity contribution in [2.45, 2.75) is 19.5 Å². The van der Waals surface area contributed by atoms with E-state index < -0.39 is 11.0 Å². The Morgan fingerprint density at radius 1 is 1.30 bits per heavy atom. The molecule has 27 heavy (non-hydrogen) atoms. The lowest BCUT2D eigenvalue weighted by Crippen LogP contribution is -2.32. The van der Waals surface area contributed by atoms with Crippen molar-refractivity contribution < 1.29 is 8.95 Å². The summed E-state index contributed by atoms with van der Waals surface area (Å²) in [4.78, 5) is 17.2. The number of hydrogen-bond donors (Lipinski definition) is 0. The summed E-state index contributed by atoms with van der Waals surface area (Å²) in [7, 11) is 2.43. The number of rotatable bonds is 4. The maximum atomic E-state index is 13.1. The zero-order valence-electron chi connectivity index (χ0n) is 15.5. The SMILES string of the molecule is COc1ccc(Cn2ncc3c4c(n(C)c3c2=O)CN(S(C)=O)CC4)cn1. The minimum atomic E-state index is -1.02. The first-order valence-electron chi connectivity index (χ1n) is 8.63. The third kappa shape index (κ3) is 3.06. The molecule has 8 nitrogen and oxygen atoms in total. The number of methoxy groups -OCH3 is 1. The van der Waals surface area contributed by atoms with Gasteiger partial charge in [0.05, 0.1) is 37.4 Å². The minimum Gasteiger partial charge on any atom is -0.481 e. The van der Waals surface area contributed by atoms with E-state index in [4.69, 9.17) is 4.74 Å². The second kappa shape index (κ2) is 6.90. The lowest BCUT2D eigenvalue weighted by atomic mass is 10.1. The summed E-state index contributed by atoms with van der Waals surface area (Å²) in [5.74, 6) is 0.530. The summed E-state index contributed by atoms with van der Waals surface area (Å²) >= 11 is 0. The Labute approximate surface area is 159 Å². The van der Waals surface area contributed by atoms with Crippen LogP contribution in [0.2, 0.25) is 0 Å². The number of aromatic nitrogens is 4. The molecule has 4 heterocycles. The van der Waals surface area contributed by atoms with E-state index >= 15 is 0 Å². The van der Waals surface area contributed by atoms with E-state index in [1.165, 1.54) is 4.68 Å². The number of nitrogens with zero attached hydrogens (tertiary/aromatic N) is 5. The summed E-state index contributed by atoms with van der Waals surface area (Å²) in [6.45, 7) is 1.63. The van der Waals surface area contributed by atoms with Crippen LogP contribution in [0.5, 0.6) is 5.88 Å². The highest BCUT2D eigenvalue weighted by atomic mass is 32.2. The molecule has 0 fully saturated rings. The highest BCUT2D eigenvalue weighted by Crippen LogP contribution is 2.28. The van der Waals surface area contributed by atoms with Crippen LogP contribution in [-0.4, -0.2) is 47.8 Å². The monoisotopic (exact) mass is 387 g/mol. The van der Waals surface area contributed by atoms with Gasteiger partial charge in [-0.2, -0.15) is 5.10 Å². The van der Waals surface area contributed by atoms with E-state index in [2.05, 4.69) is 10.1 Å². The summed E-state index contributed by atoms with van der Waals surface area (Å²) in [5.41, 5.74) is 3.55. The van der Waals surface area contributed by atoms with Crippen molar-refractivity contribution in [3.8, 4) is 5.88 Å². The number of hydrogen-bond acceptors (Lipinski definition) is 5. The predicted molar refractivity (Wildman–Crippen MR) is 103 cm³/mol. The highest BCUT2D eigenvalue weighted by molar-refractivity contribution is 7.81. The predicted octanol–water partition coefficient (Wildman–Crippen LogP) is 0.838. The Morgan fingerprint density at radius 3 is 2.78 bits per heavy atom. The molecule has 1 atom stereocenters. The molecule has 0 aromatic carbocycles. The van der Waals surface area contributed by atoms with Crippen molar-refractivity contribution in [2.24, 2.45) is 7.05 Å². The zero-order chi connectivity index (χ0) is 19.1. The average Bonchev–Trinajstić information content (AvgIpc) is 2.97. The largest absolute Gasteiger partial charge is 0.481 e. The van der Waals surface area contributed by atoms with Gasteiger partial charge in [-0.25, -0.2) is 18.2 Å². The molecule has 0 spiro atoms. The van der Waals surface area contributed by atoms with Gasteiger partial charge in [0.15, 0.2) is 0 Å². The minimum absolute atomic E-state index is 0.135. The van der Waals surface area contributed by atoms with Crippen molar-refractivity contribution in [3.63, 3.8) is 0 Å². The maximum absolute atomic E-state index is 13.1. The van der Waals surface area contributed by atoms with Gasteiger partial charge in [0.1, 0.15) is 5.52 Å². The Morgan fingerprint density at radius 2 is 2.11 bits per heavy atom. The third-order valence-corrected chi connectivity index (χ3v) is 6.11. The average molecular weight is 387 g/mol. The van der Waals surface area contributed by atoms with Crippen molar-refractivity contribution in [3.05, 3.63) is 51.7 Å². The van der Waals surface area contributed by atoms with Crippen LogP contribution in [0.4, 0.5) is 0 Å². The van der Waals surface area contributed by atoms with Gasteiger partial charge in [-0.1, -0.05) is 6.07 Å². The van der Waals surface area contributed by atoms with E-state index in [0.717, 1.165) is 35.2 Å². The second-order valence-corrected chi connectivity index (χ2v) is 7.96. The Hall–Kier alpha value is -2.52. The van der Waals surface area contributed by atoms with Gasteiger partial charge in [0.2, 0.25) is 5.88 Å². The van der Waals surface area contributed by atoms with E-state index in [0.29, 0.717) is 24.5 Å². The van der Waals surface area contributed by atoms with Gasteiger partial charge in [-0.15, -0.1) is 0 Å². The van der Waals surface area contributed by atoms with Crippen LogP contribution in [0, 0.1) is 0 Å². The maximum Gasteiger partial charge on any atom is 0.291 e. The van der Waals surface area contributed by atoms with Crippen LogP contribution in [0.15, 0.2) is 29.3 Å². The summed E-state index contributed by atoms with van der Waals surface area (Å²) in [5, 5.41) is 5.27. The molecule has 0 aliphatic carbocycles. The quantitative estimate of drug-likeness (QED) is 0.663. The molecule has 142 valence electrons. The second-order valence-electron chi connectivity index (χ2n) is 6.60. The molecule has 1 unspecified atom stereocenters. The first-order chi connectivity index (χ1) is 13.0. The molecule has 0 radical (unpaired) electrons. The first kappa shape index (κ1) is 17.9. The van der Waals surface area contributed by atoms with Crippen LogP contribution in [0.25, 0.3) is 10.9 Å². The normalized spacial score (nSPS) is 15.7. The molecule has 0 amide bonds. The van der Waals surface area contributed by atoms with Crippen molar-refractivity contribution in [1.82, 2.24) is 23.6 Å². The summed E-state index contributed by atoms with van der Waals surface area (Å²) < 4.78 is 22.2. The third-order valence-electron chi connectivity index (χ3n) is 5.07. The molecular formula is C18H21N5O3S. The van der Waals surface area contributed by atoms with Crippen LogP contribution in [-0.2, 0) is 37.5 Å². The lowest BCUT2D eigenvalue weighted by Gasteiger charge is -2.25. The fraction of sp³-hybridized carbons (Fsp3) is 0.389. The van der Waals surface area contributed by atoms with Crippen LogP contribution in [0.1, 0.15) is 16.8 Å². The van der Waals surface area contributed by atoms with Crippen LogP contribution < -0.4 is 10.3 Å². The van der Waals surface area contributed by atoms with Gasteiger partial charge in [0, 0.05) is 43.2 Å². The van der Waals surface area contributed by atoms with Gasteiger partial charge < -0.3 is 9.30 Å². The summed E-state index contributed by atoms with van der Waals surface area (Å²) in [6.07, 6.45) is 5.90. The molecule has 0 saturated heterocycles. The molecule has 0 N–H and O–H groups in total. The van der Waals surface area contributed by atoms with Gasteiger partial charge in [0.25, 0.3) is 5.56 Å². The lowest BCUT2D eigenvalue weighted by molar-refractivity contribution is 0.397. The zero-order valence-corrected chi connectivity index (χ0v) is 16.3. The molecule has 1 aliphatic rings. The van der Waals surface area contributed by atoms with Gasteiger partial charge in [-0.3, -0.25) is 4.79 Å². The van der Waals surface area contributed by atoms with Crippen LogP contribution in [0.3, 0.4) is 0 Å². The van der Waals surface area contributed by atoms with Gasteiger partial charge in [-0.05, 0) is 17.5 Å². The number of aryl methyl sites for hydroxylation is 1. The molecule has 0 bridgehead atoms. The number of pyridine rings is 1.